The van der Waals surface area contributed by atoms with Crippen LogP contribution in [0.4, 0.5) is 5.69 Å². The molecule has 7 nitrogen and oxygen atoms in total. The van der Waals surface area contributed by atoms with E-state index in [0.717, 1.165) is 52.5 Å². The Kier molecular flexibility index (Phi) is 8.39. The minimum absolute atomic E-state index is 0.130. The van der Waals surface area contributed by atoms with Gasteiger partial charge in [0.15, 0.2) is 11.5 Å². The lowest BCUT2D eigenvalue weighted by Crippen LogP contribution is -2.15. The highest BCUT2D eigenvalue weighted by molar-refractivity contribution is 9.10. The smallest absolute Gasteiger partial charge is 0.234 e. The minimum Gasteiger partial charge on any atom is -0.493 e. The topological polar surface area (TPSA) is 93.5 Å². The summed E-state index contributed by atoms with van der Waals surface area (Å²) in [5.41, 5.74) is 4.93. The maximum atomic E-state index is 12.7. The van der Waals surface area contributed by atoms with Crippen molar-refractivity contribution in [2.24, 2.45) is 0 Å². The van der Waals surface area contributed by atoms with Crippen molar-refractivity contribution in [1.82, 2.24) is 4.98 Å². The number of hydrogen-bond acceptors (Lipinski definition) is 7. The number of halogens is 1. The first-order valence-electron chi connectivity index (χ1n) is 11.4. The highest BCUT2D eigenvalue weighted by atomic mass is 79.9. The summed E-state index contributed by atoms with van der Waals surface area (Å²) < 4.78 is 17.5. The first-order chi connectivity index (χ1) is 17.5. The lowest BCUT2D eigenvalue weighted by molar-refractivity contribution is -0.113. The van der Waals surface area contributed by atoms with Gasteiger partial charge in [-0.2, -0.15) is 5.26 Å². The Morgan fingerprint density at radius 1 is 1.06 bits per heavy atom. The van der Waals surface area contributed by atoms with Gasteiger partial charge >= 0.3 is 0 Å². The molecule has 1 aromatic heterocycles. The molecular weight excluding hydrogens is 542 g/mol. The minimum atomic E-state index is -0.167. The van der Waals surface area contributed by atoms with Crippen LogP contribution in [0, 0.1) is 11.3 Å². The van der Waals surface area contributed by atoms with E-state index < -0.39 is 0 Å². The average Bonchev–Trinajstić information content (AvgIpc) is 2.91. The quantitative estimate of drug-likeness (QED) is 0.332. The molecule has 0 saturated carbocycles. The van der Waals surface area contributed by atoms with Gasteiger partial charge in [-0.25, -0.2) is 4.98 Å². The summed E-state index contributed by atoms with van der Waals surface area (Å²) in [5, 5.41) is 13.5. The fraction of sp³-hybridized carbons (Fsp3) is 0.296. The van der Waals surface area contributed by atoms with Crippen LogP contribution in [0.15, 0.2) is 45.9 Å². The number of carbonyl (C=O) groups excluding carboxylic acids is 1. The van der Waals surface area contributed by atoms with Crippen LogP contribution in [0.25, 0.3) is 11.3 Å². The number of hydrogen-bond donors (Lipinski definition) is 1. The number of nitriles is 1. The maximum absolute atomic E-state index is 12.7. The molecule has 1 heterocycles. The predicted molar refractivity (Wildman–Crippen MR) is 144 cm³/mol. The lowest BCUT2D eigenvalue weighted by atomic mass is 9.86. The number of fused-ring (bicyclic) bond motifs is 1. The molecule has 0 saturated heterocycles. The van der Waals surface area contributed by atoms with E-state index in [1.165, 1.54) is 11.8 Å². The molecule has 186 valence electrons. The number of ether oxygens (including phenoxy) is 3. The van der Waals surface area contributed by atoms with Gasteiger partial charge < -0.3 is 19.5 Å². The molecule has 0 aliphatic heterocycles. The van der Waals surface area contributed by atoms with Crippen LogP contribution in [0.5, 0.6) is 17.2 Å². The molecule has 0 fully saturated rings. The normalized spacial score (nSPS) is 12.3. The van der Waals surface area contributed by atoms with Gasteiger partial charge in [0.05, 0.1) is 38.3 Å². The van der Waals surface area contributed by atoms with E-state index in [9.17, 15) is 10.1 Å². The van der Waals surface area contributed by atoms with Crippen LogP contribution in [0.1, 0.15) is 29.5 Å². The second-order valence-corrected chi connectivity index (χ2v) is 10.1. The fourth-order valence-electron chi connectivity index (χ4n) is 4.34. The number of aromatic nitrogens is 1. The standard InChI is InChI=1S/C27H26BrN3O4S/c1-33-22-12-16(13-23(34-2)26(22)35-3)25-20-7-5-4-6-19(20)21(14-29)27(31-25)36-15-24(32)30-18-10-8-17(28)9-11-18/h8-13H,4-7,15H2,1-3H3,(H,30,32). The zero-order valence-electron chi connectivity index (χ0n) is 20.3. The van der Waals surface area contributed by atoms with Gasteiger partial charge in [0.25, 0.3) is 0 Å². The molecule has 0 spiro atoms. The van der Waals surface area contributed by atoms with Crippen LogP contribution in [0.2, 0.25) is 0 Å². The summed E-state index contributed by atoms with van der Waals surface area (Å²) in [7, 11) is 4.72. The van der Waals surface area contributed by atoms with Crippen molar-refractivity contribution < 1.29 is 19.0 Å². The van der Waals surface area contributed by atoms with Gasteiger partial charge in [-0.3, -0.25) is 4.79 Å². The zero-order valence-corrected chi connectivity index (χ0v) is 22.7. The van der Waals surface area contributed by atoms with Gasteiger partial charge in [0.2, 0.25) is 11.7 Å². The monoisotopic (exact) mass is 567 g/mol. The molecule has 0 unspecified atom stereocenters. The number of nitrogens with zero attached hydrogens (tertiary/aromatic N) is 2. The third-order valence-corrected chi connectivity index (χ3v) is 7.50. The van der Waals surface area contributed by atoms with Gasteiger partial charge in [0.1, 0.15) is 11.1 Å². The van der Waals surface area contributed by atoms with Crippen molar-refractivity contribution in [1.29, 1.82) is 5.26 Å². The molecule has 1 amide bonds. The molecule has 1 aliphatic rings. The number of anilines is 1. The van der Waals surface area contributed by atoms with E-state index in [-0.39, 0.29) is 11.7 Å². The third-order valence-electron chi connectivity index (χ3n) is 6.00. The van der Waals surface area contributed by atoms with Crippen molar-refractivity contribution in [3.8, 4) is 34.6 Å². The Morgan fingerprint density at radius 3 is 2.28 bits per heavy atom. The van der Waals surface area contributed by atoms with Gasteiger partial charge in [-0.1, -0.05) is 27.7 Å². The Morgan fingerprint density at radius 2 is 1.69 bits per heavy atom. The van der Waals surface area contributed by atoms with E-state index in [1.807, 2.05) is 36.4 Å². The zero-order chi connectivity index (χ0) is 25.7. The largest absolute Gasteiger partial charge is 0.493 e. The summed E-state index contributed by atoms with van der Waals surface area (Å²) in [6, 6.07) is 13.5. The van der Waals surface area contributed by atoms with Crippen molar-refractivity contribution in [3.63, 3.8) is 0 Å². The van der Waals surface area contributed by atoms with Crippen LogP contribution in [-0.2, 0) is 17.6 Å². The van der Waals surface area contributed by atoms with E-state index in [4.69, 9.17) is 19.2 Å². The highest BCUT2D eigenvalue weighted by Crippen LogP contribution is 2.43. The van der Waals surface area contributed by atoms with Crippen molar-refractivity contribution in [2.75, 3.05) is 32.4 Å². The molecule has 0 bridgehead atoms. The molecule has 0 radical (unpaired) electrons. The molecule has 2 aromatic carbocycles. The van der Waals surface area contributed by atoms with Crippen LogP contribution < -0.4 is 19.5 Å². The van der Waals surface area contributed by atoms with Gasteiger partial charge in [-0.05, 0) is 73.2 Å². The number of pyridine rings is 1. The number of rotatable bonds is 8. The van der Waals surface area contributed by atoms with E-state index in [2.05, 4.69) is 27.3 Å². The first kappa shape index (κ1) is 25.9. The number of benzene rings is 2. The molecule has 4 rings (SSSR count). The molecule has 36 heavy (non-hydrogen) atoms. The number of methoxy groups -OCH3 is 3. The van der Waals surface area contributed by atoms with E-state index in [0.29, 0.717) is 33.5 Å². The van der Waals surface area contributed by atoms with Crippen LogP contribution in [-0.4, -0.2) is 38.0 Å². The summed E-state index contributed by atoms with van der Waals surface area (Å²) in [6.45, 7) is 0. The first-order valence-corrected chi connectivity index (χ1v) is 13.2. The number of thioether (sulfide) groups is 1. The molecule has 1 aliphatic carbocycles. The van der Waals surface area contributed by atoms with Crippen molar-refractivity contribution >= 4 is 39.3 Å². The number of carbonyl (C=O) groups is 1. The summed E-state index contributed by atoms with van der Waals surface area (Å²) in [5.74, 6) is 1.53. The van der Waals surface area contributed by atoms with E-state index >= 15 is 0 Å². The number of amides is 1. The van der Waals surface area contributed by atoms with Crippen LogP contribution in [0.3, 0.4) is 0 Å². The van der Waals surface area contributed by atoms with Gasteiger partial charge in [0, 0.05) is 15.7 Å². The Balaban J connectivity index is 1.72. The van der Waals surface area contributed by atoms with Crippen LogP contribution >= 0.6 is 27.7 Å². The SMILES string of the molecule is COc1cc(-c2nc(SCC(=O)Nc3ccc(Br)cc3)c(C#N)c3c2CCCC3)cc(OC)c1OC. The van der Waals surface area contributed by atoms with Crippen molar-refractivity contribution in [3.05, 3.63) is 57.6 Å². The second-order valence-electron chi connectivity index (χ2n) is 8.17. The predicted octanol–water partition coefficient (Wildman–Crippen LogP) is 6.02. The summed E-state index contributed by atoms with van der Waals surface area (Å²) in [4.78, 5) is 17.6. The summed E-state index contributed by atoms with van der Waals surface area (Å²) >= 11 is 4.66. The van der Waals surface area contributed by atoms with Crippen molar-refractivity contribution in [2.45, 2.75) is 30.7 Å². The Hall–Kier alpha value is -3.22. The summed E-state index contributed by atoms with van der Waals surface area (Å²) in [6.07, 6.45) is 3.67. The lowest BCUT2D eigenvalue weighted by Gasteiger charge is -2.23. The number of nitrogens with one attached hydrogen (secondary N) is 1. The fourth-order valence-corrected chi connectivity index (χ4v) is 5.41. The molecule has 9 heteroatoms. The average molecular weight is 568 g/mol. The Labute approximate surface area is 223 Å². The molecule has 1 N–H and O–H groups in total. The molecular formula is C27H26BrN3O4S. The second kappa shape index (κ2) is 11.7. The third kappa shape index (κ3) is 5.45. The van der Waals surface area contributed by atoms with E-state index in [1.54, 1.807) is 21.3 Å². The molecule has 0 atom stereocenters. The maximum Gasteiger partial charge on any atom is 0.234 e. The van der Waals surface area contributed by atoms with Gasteiger partial charge in [-0.15, -0.1) is 0 Å². The Bertz CT molecular complexity index is 1300. The molecule has 3 aromatic rings. The highest BCUT2D eigenvalue weighted by Gasteiger charge is 2.25.